The molecule has 0 unspecified atom stereocenters. The van der Waals surface area contributed by atoms with Gasteiger partial charge >= 0.3 is 0 Å². The van der Waals surface area contributed by atoms with Gasteiger partial charge in [0.15, 0.2) is 0 Å². The lowest BCUT2D eigenvalue weighted by atomic mass is 9.30. The van der Waals surface area contributed by atoms with Crippen LogP contribution in [0.25, 0.3) is 27.5 Å². The lowest BCUT2D eigenvalue weighted by Crippen LogP contribution is -2.66. The minimum Gasteiger partial charge on any atom is -0.311 e. The maximum absolute atomic E-state index is 2.68. The summed E-state index contributed by atoms with van der Waals surface area (Å²) in [5, 5.41) is 2.65. The first kappa shape index (κ1) is 37.1. The summed E-state index contributed by atoms with van der Waals surface area (Å²) in [6.07, 6.45) is 0. The van der Waals surface area contributed by atoms with Crippen molar-refractivity contribution in [2.45, 2.75) is 9.79 Å². The molecular weight excluding hydrogens is 830 g/mol. The maximum Gasteiger partial charge on any atom is 0.252 e. The molecule has 0 saturated heterocycles. The quantitative estimate of drug-likeness (QED) is 0.148. The summed E-state index contributed by atoms with van der Waals surface area (Å²) in [6.45, 7) is 0.104. The number of benzene rings is 10. The first-order valence-electron chi connectivity index (χ1n) is 23.2. The van der Waals surface area contributed by atoms with Crippen molar-refractivity contribution < 1.29 is 0 Å². The van der Waals surface area contributed by atoms with Crippen LogP contribution in [0.1, 0.15) is 0 Å². The highest BCUT2D eigenvalue weighted by Gasteiger charge is 2.49. The minimum atomic E-state index is 0.0306. The summed E-state index contributed by atoms with van der Waals surface area (Å²) in [5.41, 5.74) is 22.7. The van der Waals surface area contributed by atoms with Crippen molar-refractivity contribution in [1.29, 1.82) is 0 Å². The standard InChI is InChI=1S/C60H38B2N4S/c1-6-18-39(19-7-1)63(40-20-8-2-9-21-40)44-32-34-48-52(36-44)65(43-26-14-5-15-27-43)53-38-55-57-60-56(53)61(48)50-30-16-28-46-47-29-17-31-51(59(47)66(60)58(46)50)62(57)49-35-33-45(37-54(49)67-55)64(41-22-10-3-11-23-41)42-24-12-4-13-25-42/h1-38H. The molecule has 0 saturated carbocycles. The molecule has 4 nitrogen and oxygen atoms in total. The average molecular weight is 869 g/mol. The van der Waals surface area contributed by atoms with Gasteiger partial charge in [-0.2, -0.15) is 0 Å². The van der Waals surface area contributed by atoms with E-state index in [1.54, 1.807) is 0 Å². The van der Waals surface area contributed by atoms with Gasteiger partial charge in [-0.1, -0.05) is 157 Å². The van der Waals surface area contributed by atoms with Crippen LogP contribution in [0.3, 0.4) is 0 Å². The lowest BCUT2D eigenvalue weighted by molar-refractivity contribution is 1.16. The number of fused-ring (bicyclic) bond motifs is 7. The lowest BCUT2D eigenvalue weighted by Gasteiger charge is -2.44. The predicted molar refractivity (Wildman–Crippen MR) is 285 cm³/mol. The van der Waals surface area contributed by atoms with Gasteiger partial charge in [0.1, 0.15) is 0 Å². The molecule has 7 heteroatoms. The molecule has 0 fully saturated rings. The van der Waals surface area contributed by atoms with Gasteiger partial charge in [-0.3, -0.25) is 0 Å². The van der Waals surface area contributed by atoms with E-state index in [-0.39, 0.29) is 13.4 Å². The Labute approximate surface area is 394 Å². The third-order valence-corrected chi connectivity index (χ3v) is 15.7. The molecule has 0 spiro atoms. The molecule has 0 amide bonds. The third kappa shape index (κ3) is 5.23. The summed E-state index contributed by atoms with van der Waals surface area (Å²) in [7, 11) is 0. The Kier molecular flexibility index (Phi) is 7.86. The van der Waals surface area contributed by atoms with Crippen molar-refractivity contribution in [2.75, 3.05) is 14.7 Å². The molecule has 0 atom stereocenters. The van der Waals surface area contributed by atoms with E-state index in [0.717, 1.165) is 39.8 Å². The molecule has 15 rings (SSSR count). The molecular formula is C60H38B2N4S. The summed E-state index contributed by atoms with van der Waals surface area (Å²) >= 11 is 1.93. The fourth-order valence-corrected chi connectivity index (χ4v) is 13.2. The van der Waals surface area contributed by atoms with Gasteiger partial charge in [-0.05, 0) is 118 Å². The van der Waals surface area contributed by atoms with Gasteiger partial charge in [-0.15, -0.1) is 0 Å². The average Bonchev–Trinajstić information content (AvgIpc) is 3.74. The molecule has 0 aliphatic carbocycles. The second kappa shape index (κ2) is 14.2. The van der Waals surface area contributed by atoms with Crippen LogP contribution in [0.5, 0.6) is 0 Å². The van der Waals surface area contributed by atoms with Gasteiger partial charge in [-0.25, -0.2) is 0 Å². The molecule has 10 aromatic carbocycles. The molecule has 11 aromatic rings. The molecule has 67 heavy (non-hydrogen) atoms. The second-order valence-corrected chi connectivity index (χ2v) is 19.1. The van der Waals surface area contributed by atoms with E-state index < -0.39 is 0 Å². The van der Waals surface area contributed by atoms with Gasteiger partial charge in [0.05, 0.1) is 0 Å². The first-order valence-corrected chi connectivity index (χ1v) is 24.0. The van der Waals surface area contributed by atoms with Crippen molar-refractivity contribution in [3.05, 3.63) is 231 Å². The first-order chi connectivity index (χ1) is 33.3. The number of hydrogen-bond donors (Lipinski definition) is 0. The summed E-state index contributed by atoms with van der Waals surface area (Å²) in [4.78, 5) is 9.95. The van der Waals surface area contributed by atoms with Gasteiger partial charge in [0.2, 0.25) is 6.71 Å². The number of rotatable bonds is 7. The number of aromatic nitrogens is 1. The zero-order chi connectivity index (χ0) is 43.7. The number of nitrogens with zero attached hydrogens (tertiary/aromatic N) is 4. The fraction of sp³-hybridized carbons (Fsp3) is 0. The number of para-hydroxylation sites is 7. The second-order valence-electron chi connectivity index (χ2n) is 18.0. The monoisotopic (exact) mass is 868 g/mol. The van der Waals surface area contributed by atoms with Crippen molar-refractivity contribution in [1.82, 2.24) is 4.57 Å². The van der Waals surface area contributed by atoms with Crippen LogP contribution >= 0.6 is 11.8 Å². The van der Waals surface area contributed by atoms with Crippen molar-refractivity contribution in [3.8, 4) is 5.69 Å². The molecule has 0 radical (unpaired) electrons. The molecule has 310 valence electrons. The van der Waals surface area contributed by atoms with E-state index in [9.17, 15) is 0 Å². The number of anilines is 9. The Hall–Kier alpha value is -8.12. The Balaban J connectivity index is 1.02. The zero-order valence-corrected chi connectivity index (χ0v) is 37.1. The van der Waals surface area contributed by atoms with E-state index in [0.29, 0.717) is 0 Å². The topological polar surface area (TPSA) is 14.7 Å². The third-order valence-electron chi connectivity index (χ3n) is 14.5. The van der Waals surface area contributed by atoms with Crippen LogP contribution < -0.4 is 47.5 Å². The van der Waals surface area contributed by atoms with Crippen LogP contribution in [0.15, 0.2) is 240 Å². The Morgan fingerprint density at radius 3 is 1.36 bits per heavy atom. The molecule has 0 N–H and O–H groups in total. The van der Waals surface area contributed by atoms with E-state index in [4.69, 9.17) is 0 Å². The van der Waals surface area contributed by atoms with E-state index in [1.807, 2.05) is 11.8 Å². The molecule has 5 heterocycles. The van der Waals surface area contributed by atoms with Crippen molar-refractivity contribution in [2.24, 2.45) is 0 Å². The minimum absolute atomic E-state index is 0.0306. The zero-order valence-electron chi connectivity index (χ0n) is 36.3. The van der Waals surface area contributed by atoms with E-state index in [2.05, 4.69) is 250 Å². The molecule has 4 aliphatic rings. The number of hydrogen-bond acceptors (Lipinski definition) is 4. The normalized spacial score (nSPS) is 13.2. The van der Waals surface area contributed by atoms with Gasteiger partial charge < -0.3 is 19.3 Å². The van der Waals surface area contributed by atoms with Crippen LogP contribution in [-0.4, -0.2) is 18.0 Å². The van der Waals surface area contributed by atoms with Gasteiger partial charge in [0.25, 0.3) is 6.71 Å². The van der Waals surface area contributed by atoms with Crippen molar-refractivity contribution >= 4 is 131 Å². The molecule has 0 bridgehead atoms. The maximum atomic E-state index is 2.68. The van der Waals surface area contributed by atoms with Crippen LogP contribution in [-0.2, 0) is 0 Å². The molecule has 1 aromatic heterocycles. The summed E-state index contributed by atoms with van der Waals surface area (Å²) in [6, 6.07) is 85.2. The summed E-state index contributed by atoms with van der Waals surface area (Å²) < 4.78 is 2.68. The highest BCUT2D eigenvalue weighted by molar-refractivity contribution is 8.00. The Morgan fingerprint density at radius 2 is 0.821 bits per heavy atom. The fourth-order valence-electron chi connectivity index (χ4n) is 12.0. The van der Waals surface area contributed by atoms with Crippen molar-refractivity contribution in [3.63, 3.8) is 0 Å². The smallest absolute Gasteiger partial charge is 0.252 e. The van der Waals surface area contributed by atoms with Gasteiger partial charge in [0, 0.05) is 88.5 Å². The Bertz CT molecular complexity index is 3710. The highest BCUT2D eigenvalue weighted by Crippen LogP contribution is 2.48. The predicted octanol–water partition coefficient (Wildman–Crippen LogP) is 11.6. The summed E-state index contributed by atoms with van der Waals surface area (Å²) in [5.74, 6) is 0. The Morgan fingerprint density at radius 1 is 0.343 bits per heavy atom. The largest absolute Gasteiger partial charge is 0.311 e. The van der Waals surface area contributed by atoms with E-state index in [1.165, 1.54) is 81.4 Å². The van der Waals surface area contributed by atoms with E-state index >= 15 is 0 Å². The molecule has 4 aliphatic heterocycles. The van der Waals surface area contributed by atoms with Crippen LogP contribution in [0, 0.1) is 0 Å². The van der Waals surface area contributed by atoms with Crippen LogP contribution in [0.4, 0.5) is 51.2 Å². The van der Waals surface area contributed by atoms with Crippen LogP contribution in [0.2, 0.25) is 0 Å². The SMILES string of the molecule is c1ccc(N(c2ccccc2)c2ccc3c(c2)Sc2cc4c5c6c2B3c2cccc3c7cccc(c7n-6c23)B5c2ccc(N(c3ccccc3)c3ccccc3)cc2N4c2ccccc2)cc1. The highest BCUT2D eigenvalue weighted by atomic mass is 32.2.